The monoisotopic (exact) mass is 113 g/mol. The Morgan fingerprint density at radius 3 is 2.71 bits per heavy atom. The molecular formula is C4H3NOS. The van der Waals surface area contributed by atoms with Crippen LogP contribution in [0.4, 0.5) is 0 Å². The Morgan fingerprint density at radius 2 is 2.57 bits per heavy atom. The van der Waals surface area contributed by atoms with Crippen LogP contribution in [-0.4, -0.2) is 11.5 Å². The molecule has 1 amide bonds. The average Bonchev–Trinajstić information content (AvgIpc) is 1.91. The smallest absolute Gasteiger partial charge is 0.266 e. The molecule has 0 fully saturated rings. The van der Waals surface area contributed by atoms with Crippen LogP contribution >= 0.6 is 11.8 Å². The lowest BCUT2D eigenvalue weighted by Crippen LogP contribution is -1.83. The molecule has 36 valence electrons. The average molecular weight is 113 g/mol. The van der Waals surface area contributed by atoms with E-state index in [0.29, 0.717) is 4.91 Å². The number of rotatable bonds is 0. The van der Waals surface area contributed by atoms with E-state index in [4.69, 9.17) is 0 Å². The number of hydrogen-bond acceptors (Lipinski definition) is 2. The van der Waals surface area contributed by atoms with Gasteiger partial charge in [0.15, 0.2) is 0 Å². The molecule has 0 saturated carbocycles. The predicted octanol–water partition coefficient (Wildman–Crippen LogP) is 0.802. The first-order valence-corrected chi connectivity index (χ1v) is 2.61. The van der Waals surface area contributed by atoms with Crippen LogP contribution in [0.25, 0.3) is 0 Å². The van der Waals surface area contributed by atoms with Crippen LogP contribution in [0.15, 0.2) is 16.5 Å². The summed E-state index contributed by atoms with van der Waals surface area (Å²) in [5.74, 6) is -0.204. The Kier molecular flexibility index (Phi) is 0.982. The van der Waals surface area contributed by atoms with Gasteiger partial charge in [-0.3, -0.25) is 4.79 Å². The molecule has 0 bridgehead atoms. The summed E-state index contributed by atoms with van der Waals surface area (Å²) in [4.78, 5) is 14.2. The third kappa shape index (κ3) is 0.718. The molecule has 1 aliphatic heterocycles. The molecule has 0 saturated heterocycles. The molecule has 0 radical (unpaired) electrons. The van der Waals surface area contributed by atoms with Gasteiger partial charge in [-0.2, -0.15) is 0 Å². The number of amides is 1. The van der Waals surface area contributed by atoms with Crippen LogP contribution in [0.5, 0.6) is 0 Å². The van der Waals surface area contributed by atoms with E-state index >= 15 is 0 Å². The lowest BCUT2D eigenvalue weighted by atomic mass is 10.6. The SMILES string of the molecule is C=C1SC=NC1=O. The van der Waals surface area contributed by atoms with Gasteiger partial charge in [-0.15, -0.1) is 0 Å². The third-order valence-electron chi connectivity index (χ3n) is 0.603. The lowest BCUT2D eigenvalue weighted by molar-refractivity contribution is -0.113. The fourth-order valence-corrected chi connectivity index (χ4v) is 0.689. The quantitative estimate of drug-likeness (QED) is 0.435. The maximum atomic E-state index is 10.3. The van der Waals surface area contributed by atoms with Crippen LogP contribution in [-0.2, 0) is 4.79 Å². The van der Waals surface area contributed by atoms with E-state index in [-0.39, 0.29) is 5.91 Å². The van der Waals surface area contributed by atoms with Crippen molar-refractivity contribution in [3.8, 4) is 0 Å². The van der Waals surface area contributed by atoms with Crippen LogP contribution in [0.1, 0.15) is 0 Å². The van der Waals surface area contributed by atoms with Crippen molar-refractivity contribution in [2.24, 2.45) is 4.99 Å². The fourth-order valence-electron chi connectivity index (χ4n) is 0.260. The van der Waals surface area contributed by atoms with Crippen LogP contribution in [0.2, 0.25) is 0 Å². The van der Waals surface area contributed by atoms with E-state index in [1.54, 1.807) is 0 Å². The largest absolute Gasteiger partial charge is 0.283 e. The summed E-state index contributed by atoms with van der Waals surface area (Å²) in [6, 6.07) is 0. The highest BCUT2D eigenvalue weighted by Gasteiger charge is 2.08. The van der Waals surface area contributed by atoms with Crippen molar-refractivity contribution in [3.63, 3.8) is 0 Å². The zero-order valence-electron chi connectivity index (χ0n) is 3.55. The molecule has 0 aromatic carbocycles. The third-order valence-corrected chi connectivity index (χ3v) is 1.27. The van der Waals surface area contributed by atoms with Crippen molar-refractivity contribution in [1.29, 1.82) is 0 Å². The summed E-state index contributed by atoms with van der Waals surface area (Å²) < 4.78 is 0. The minimum Gasteiger partial charge on any atom is -0.266 e. The Labute approximate surface area is 45.3 Å². The zero-order valence-corrected chi connectivity index (χ0v) is 4.36. The fraction of sp³-hybridized carbons (Fsp3) is 0. The first-order valence-electron chi connectivity index (χ1n) is 1.73. The molecule has 3 heteroatoms. The van der Waals surface area contributed by atoms with Crippen molar-refractivity contribution in [1.82, 2.24) is 0 Å². The molecule has 0 spiro atoms. The molecule has 2 nitrogen and oxygen atoms in total. The molecule has 0 aromatic heterocycles. The predicted molar refractivity (Wildman–Crippen MR) is 30.2 cm³/mol. The van der Waals surface area contributed by atoms with Gasteiger partial charge in [0.05, 0.1) is 10.5 Å². The van der Waals surface area contributed by atoms with E-state index in [2.05, 4.69) is 11.6 Å². The van der Waals surface area contributed by atoms with Gasteiger partial charge in [0.2, 0.25) is 0 Å². The number of carbonyl (C=O) groups is 1. The van der Waals surface area contributed by atoms with Gasteiger partial charge in [-0.1, -0.05) is 18.3 Å². The van der Waals surface area contributed by atoms with Crippen LogP contribution in [0.3, 0.4) is 0 Å². The van der Waals surface area contributed by atoms with E-state index < -0.39 is 0 Å². The van der Waals surface area contributed by atoms with E-state index in [1.165, 1.54) is 17.3 Å². The molecule has 1 heterocycles. The number of thioether (sulfide) groups is 1. The molecule has 0 unspecified atom stereocenters. The van der Waals surface area contributed by atoms with Gasteiger partial charge in [0.1, 0.15) is 0 Å². The second kappa shape index (κ2) is 1.50. The second-order valence-corrected chi connectivity index (χ2v) is 2.02. The number of nitrogens with zero attached hydrogens (tertiary/aromatic N) is 1. The van der Waals surface area contributed by atoms with Crippen molar-refractivity contribution in [3.05, 3.63) is 11.5 Å². The van der Waals surface area contributed by atoms with Gasteiger partial charge in [0, 0.05) is 0 Å². The minimum atomic E-state index is -0.204. The van der Waals surface area contributed by atoms with Gasteiger partial charge in [-0.05, 0) is 0 Å². The normalized spacial score (nSPS) is 18.9. The van der Waals surface area contributed by atoms with Crippen molar-refractivity contribution in [2.75, 3.05) is 0 Å². The van der Waals surface area contributed by atoms with Crippen molar-refractivity contribution < 1.29 is 4.79 Å². The van der Waals surface area contributed by atoms with Gasteiger partial charge in [0.25, 0.3) is 5.91 Å². The molecule has 1 aliphatic rings. The first-order chi connectivity index (χ1) is 3.30. The van der Waals surface area contributed by atoms with Crippen LogP contribution in [0, 0.1) is 0 Å². The van der Waals surface area contributed by atoms with E-state index in [9.17, 15) is 4.79 Å². The second-order valence-electron chi connectivity index (χ2n) is 1.08. The zero-order chi connectivity index (χ0) is 5.28. The Morgan fingerprint density at radius 1 is 1.86 bits per heavy atom. The summed E-state index contributed by atoms with van der Waals surface area (Å²) in [6.07, 6.45) is 0. The highest BCUT2D eigenvalue weighted by molar-refractivity contribution is 8.16. The van der Waals surface area contributed by atoms with Crippen LogP contribution < -0.4 is 0 Å². The summed E-state index contributed by atoms with van der Waals surface area (Å²) in [5.41, 5.74) is 1.49. The van der Waals surface area contributed by atoms with Crippen molar-refractivity contribution >= 4 is 23.2 Å². The number of hydrogen-bond donors (Lipinski definition) is 0. The number of aliphatic imine (C=N–C) groups is 1. The van der Waals surface area contributed by atoms with Gasteiger partial charge >= 0.3 is 0 Å². The topological polar surface area (TPSA) is 29.4 Å². The molecule has 1 rings (SSSR count). The van der Waals surface area contributed by atoms with Crippen molar-refractivity contribution in [2.45, 2.75) is 0 Å². The maximum Gasteiger partial charge on any atom is 0.283 e. The van der Waals surface area contributed by atoms with Gasteiger partial charge < -0.3 is 0 Å². The Hall–Kier alpha value is -0.570. The Balaban J connectivity index is 2.81. The highest BCUT2D eigenvalue weighted by Crippen LogP contribution is 2.17. The lowest BCUT2D eigenvalue weighted by Gasteiger charge is -1.77. The minimum absolute atomic E-state index is 0.204. The Bertz CT molecular complexity index is 150. The molecule has 0 atom stereocenters. The van der Waals surface area contributed by atoms with E-state index in [1.807, 2.05) is 0 Å². The van der Waals surface area contributed by atoms with E-state index in [0.717, 1.165) is 0 Å². The molecule has 0 N–H and O–H groups in total. The van der Waals surface area contributed by atoms with Gasteiger partial charge in [-0.25, -0.2) is 4.99 Å². The summed E-state index contributed by atoms with van der Waals surface area (Å²) in [6.45, 7) is 3.42. The summed E-state index contributed by atoms with van der Waals surface area (Å²) >= 11 is 1.27. The summed E-state index contributed by atoms with van der Waals surface area (Å²) in [7, 11) is 0. The molecule has 0 aliphatic carbocycles. The molecule has 7 heavy (non-hydrogen) atoms. The summed E-state index contributed by atoms with van der Waals surface area (Å²) in [5, 5.41) is 0. The molecule has 0 aromatic rings. The highest BCUT2D eigenvalue weighted by atomic mass is 32.2. The maximum absolute atomic E-state index is 10.3. The standard InChI is InChI=1S/C4H3NOS/c1-3-4(6)5-2-7-3/h2H,1H2. The first kappa shape index (κ1) is 4.59. The number of carbonyl (C=O) groups excluding carboxylic acids is 1. The molecular weight excluding hydrogens is 110 g/mol.